The number of rotatable bonds is 2. The number of nitrogens with zero attached hydrogens (tertiary/aromatic N) is 1. The van der Waals surface area contributed by atoms with E-state index in [1.165, 1.54) is 0 Å². The molecule has 0 bridgehead atoms. The monoisotopic (exact) mass is 243 g/mol. The summed E-state index contributed by atoms with van der Waals surface area (Å²) in [5, 5.41) is 19.5. The molecule has 0 heterocycles. The number of aliphatic hydroxyl groups is 1. The lowest BCUT2D eigenvalue weighted by atomic mass is 9.79. The van der Waals surface area contributed by atoms with Gasteiger partial charge in [-0.2, -0.15) is 0 Å². The molecule has 1 saturated carbocycles. The Morgan fingerprint density at radius 2 is 1.82 bits per heavy atom. The van der Waals surface area contributed by atoms with Gasteiger partial charge in [-0.05, 0) is 52.9 Å². The molecule has 1 aliphatic rings. The Kier molecular flexibility index (Phi) is 4.07. The molecule has 4 heteroatoms. The first kappa shape index (κ1) is 14.3. The fourth-order valence-electron chi connectivity index (χ4n) is 2.74. The van der Waals surface area contributed by atoms with Crippen LogP contribution in [0.15, 0.2) is 0 Å². The van der Waals surface area contributed by atoms with Crippen molar-refractivity contribution in [2.24, 2.45) is 0 Å². The van der Waals surface area contributed by atoms with Gasteiger partial charge in [0.1, 0.15) is 0 Å². The summed E-state index contributed by atoms with van der Waals surface area (Å²) in [5.41, 5.74) is -0.948. The molecular formula is C13H25NO3. The molecule has 4 nitrogen and oxygen atoms in total. The molecule has 100 valence electrons. The Morgan fingerprint density at radius 1 is 1.35 bits per heavy atom. The molecule has 1 rings (SSSR count). The van der Waals surface area contributed by atoms with Crippen molar-refractivity contribution in [3.63, 3.8) is 0 Å². The zero-order valence-corrected chi connectivity index (χ0v) is 11.4. The van der Waals surface area contributed by atoms with Crippen LogP contribution >= 0.6 is 0 Å². The van der Waals surface area contributed by atoms with E-state index in [0.29, 0.717) is 12.8 Å². The molecule has 0 aromatic carbocycles. The topological polar surface area (TPSA) is 60.8 Å². The van der Waals surface area contributed by atoms with Gasteiger partial charge in [-0.25, -0.2) is 4.79 Å². The average Bonchev–Trinajstić information content (AvgIpc) is 2.19. The number of hydrogen-bond donors (Lipinski definition) is 2. The summed E-state index contributed by atoms with van der Waals surface area (Å²) in [5.74, 6) is 0. The summed E-state index contributed by atoms with van der Waals surface area (Å²) in [6.07, 6.45) is 2.82. The first-order valence-electron chi connectivity index (χ1n) is 6.44. The standard InChI is InChI=1S/C13H25NO3/c1-5-13(17)8-6-10(7-9-13)14(11(15)16)12(2,3)4/h10,17H,5-9H2,1-4H3,(H,15,16). The zero-order valence-electron chi connectivity index (χ0n) is 11.4. The highest BCUT2D eigenvalue weighted by atomic mass is 16.4. The van der Waals surface area contributed by atoms with Crippen LogP contribution in [0.1, 0.15) is 59.8 Å². The van der Waals surface area contributed by atoms with Crippen molar-refractivity contribution in [1.82, 2.24) is 4.90 Å². The van der Waals surface area contributed by atoms with Crippen molar-refractivity contribution in [2.75, 3.05) is 0 Å². The molecule has 0 unspecified atom stereocenters. The first-order valence-corrected chi connectivity index (χ1v) is 6.44. The number of carboxylic acid groups (broad SMARTS) is 1. The van der Waals surface area contributed by atoms with Crippen LogP contribution in [0.25, 0.3) is 0 Å². The van der Waals surface area contributed by atoms with Crippen LogP contribution in [-0.4, -0.2) is 38.4 Å². The summed E-state index contributed by atoms with van der Waals surface area (Å²) in [6.45, 7) is 7.74. The minimum Gasteiger partial charge on any atom is -0.465 e. The third-order valence-corrected chi connectivity index (χ3v) is 3.84. The van der Waals surface area contributed by atoms with E-state index in [0.717, 1.165) is 19.3 Å². The van der Waals surface area contributed by atoms with Crippen molar-refractivity contribution >= 4 is 6.09 Å². The van der Waals surface area contributed by atoms with E-state index in [1.807, 2.05) is 27.7 Å². The van der Waals surface area contributed by atoms with Gasteiger partial charge in [0.15, 0.2) is 0 Å². The van der Waals surface area contributed by atoms with Gasteiger partial charge < -0.3 is 15.1 Å². The minimum atomic E-state index is -0.857. The number of amides is 1. The van der Waals surface area contributed by atoms with Gasteiger partial charge in [-0.15, -0.1) is 0 Å². The lowest BCUT2D eigenvalue weighted by molar-refractivity contribution is -0.0328. The Hall–Kier alpha value is -0.770. The summed E-state index contributed by atoms with van der Waals surface area (Å²) >= 11 is 0. The summed E-state index contributed by atoms with van der Waals surface area (Å²) in [4.78, 5) is 12.9. The van der Waals surface area contributed by atoms with Gasteiger partial charge in [0, 0.05) is 11.6 Å². The predicted octanol–water partition coefficient (Wildman–Crippen LogP) is 2.85. The number of hydrogen-bond acceptors (Lipinski definition) is 2. The van der Waals surface area contributed by atoms with Crippen LogP contribution in [0.5, 0.6) is 0 Å². The normalized spacial score (nSPS) is 30.1. The molecule has 1 aliphatic carbocycles. The minimum absolute atomic E-state index is 0.0410. The van der Waals surface area contributed by atoms with Crippen molar-refractivity contribution in [3.8, 4) is 0 Å². The molecule has 1 fully saturated rings. The SMILES string of the molecule is CCC1(O)CCC(N(C(=O)O)C(C)(C)C)CC1. The van der Waals surface area contributed by atoms with Crippen LogP contribution in [0.3, 0.4) is 0 Å². The van der Waals surface area contributed by atoms with Crippen molar-refractivity contribution in [1.29, 1.82) is 0 Å². The lowest BCUT2D eigenvalue weighted by Gasteiger charge is -2.44. The zero-order chi connectivity index (χ0) is 13.3. The van der Waals surface area contributed by atoms with Gasteiger partial charge in [-0.1, -0.05) is 6.92 Å². The predicted molar refractivity (Wildman–Crippen MR) is 67.1 cm³/mol. The quantitative estimate of drug-likeness (QED) is 0.784. The van der Waals surface area contributed by atoms with E-state index >= 15 is 0 Å². The molecule has 1 amide bonds. The van der Waals surface area contributed by atoms with Crippen LogP contribution in [-0.2, 0) is 0 Å². The highest BCUT2D eigenvalue weighted by Gasteiger charge is 2.39. The van der Waals surface area contributed by atoms with Crippen LogP contribution in [0, 0.1) is 0 Å². The maximum Gasteiger partial charge on any atom is 0.407 e. The largest absolute Gasteiger partial charge is 0.465 e. The summed E-state index contributed by atoms with van der Waals surface area (Å²) < 4.78 is 0. The van der Waals surface area contributed by atoms with Crippen LogP contribution in [0.2, 0.25) is 0 Å². The van der Waals surface area contributed by atoms with Crippen molar-refractivity contribution in [2.45, 2.75) is 77.0 Å². The highest BCUT2D eigenvalue weighted by Crippen LogP contribution is 2.35. The van der Waals surface area contributed by atoms with E-state index < -0.39 is 11.7 Å². The molecular weight excluding hydrogens is 218 g/mol. The molecule has 17 heavy (non-hydrogen) atoms. The molecule has 0 atom stereocenters. The Balaban J connectivity index is 2.72. The lowest BCUT2D eigenvalue weighted by Crippen LogP contribution is -2.53. The third-order valence-electron chi connectivity index (χ3n) is 3.84. The van der Waals surface area contributed by atoms with Gasteiger partial charge in [0.25, 0.3) is 0 Å². The second kappa shape index (κ2) is 4.84. The molecule has 0 aromatic heterocycles. The Labute approximate surface area is 104 Å². The van der Waals surface area contributed by atoms with Crippen molar-refractivity contribution < 1.29 is 15.0 Å². The fourth-order valence-corrected chi connectivity index (χ4v) is 2.74. The second-order valence-electron chi connectivity index (χ2n) is 6.13. The maximum absolute atomic E-state index is 11.3. The number of carbonyl (C=O) groups is 1. The average molecular weight is 243 g/mol. The van der Waals surface area contributed by atoms with Gasteiger partial charge >= 0.3 is 6.09 Å². The fraction of sp³-hybridized carbons (Fsp3) is 0.923. The van der Waals surface area contributed by atoms with Gasteiger partial charge in [-0.3, -0.25) is 0 Å². The Bertz CT molecular complexity index is 275. The van der Waals surface area contributed by atoms with E-state index in [4.69, 9.17) is 0 Å². The van der Waals surface area contributed by atoms with Crippen LogP contribution < -0.4 is 0 Å². The molecule has 0 aromatic rings. The second-order valence-corrected chi connectivity index (χ2v) is 6.13. The molecule has 0 saturated heterocycles. The van der Waals surface area contributed by atoms with Gasteiger partial charge in [0.05, 0.1) is 5.60 Å². The molecule has 0 spiro atoms. The summed E-state index contributed by atoms with van der Waals surface area (Å²) in [7, 11) is 0. The van der Waals surface area contributed by atoms with Crippen molar-refractivity contribution in [3.05, 3.63) is 0 Å². The first-order chi connectivity index (χ1) is 7.69. The maximum atomic E-state index is 11.3. The smallest absolute Gasteiger partial charge is 0.407 e. The molecule has 0 aliphatic heterocycles. The van der Waals surface area contributed by atoms with E-state index in [-0.39, 0.29) is 11.6 Å². The molecule has 2 N–H and O–H groups in total. The third kappa shape index (κ3) is 3.35. The van der Waals surface area contributed by atoms with E-state index in [2.05, 4.69) is 0 Å². The van der Waals surface area contributed by atoms with E-state index in [9.17, 15) is 15.0 Å². The van der Waals surface area contributed by atoms with E-state index in [1.54, 1.807) is 4.90 Å². The Morgan fingerprint density at radius 3 is 2.12 bits per heavy atom. The highest BCUT2D eigenvalue weighted by molar-refractivity contribution is 5.66. The van der Waals surface area contributed by atoms with Gasteiger partial charge in [0.2, 0.25) is 0 Å². The molecule has 0 radical (unpaired) electrons. The summed E-state index contributed by atoms with van der Waals surface area (Å²) in [6, 6.07) is 0.0410. The van der Waals surface area contributed by atoms with Crippen LogP contribution in [0.4, 0.5) is 4.79 Å².